The van der Waals surface area contributed by atoms with Crippen LogP contribution in [0, 0.1) is 13.8 Å². The number of carbonyl (C=O) groups excluding carboxylic acids is 1. The first-order valence-electron chi connectivity index (χ1n) is 6.74. The summed E-state index contributed by atoms with van der Waals surface area (Å²) in [6, 6.07) is 2.30. The number of amides is 1. The Labute approximate surface area is 121 Å². The lowest BCUT2D eigenvalue weighted by atomic mass is 10.1. The van der Waals surface area contributed by atoms with E-state index in [0.29, 0.717) is 0 Å². The summed E-state index contributed by atoms with van der Waals surface area (Å²) in [4.78, 5) is 14.6. The maximum atomic E-state index is 12.6. The highest BCUT2D eigenvalue weighted by Crippen LogP contribution is 2.18. The number of hydrogen-bond donors (Lipinski definition) is 1. The van der Waals surface area contributed by atoms with Crippen molar-refractivity contribution >= 4 is 18.3 Å². The smallest absolute Gasteiger partial charge is 0.256 e. The second kappa shape index (κ2) is 6.44. The van der Waals surface area contributed by atoms with Crippen LogP contribution in [0.25, 0.3) is 0 Å². The molecule has 2 heterocycles. The van der Waals surface area contributed by atoms with Gasteiger partial charge in [0.05, 0.1) is 5.56 Å². The highest BCUT2D eigenvalue weighted by atomic mass is 35.5. The molecule has 0 aromatic carbocycles. The first-order chi connectivity index (χ1) is 8.56. The van der Waals surface area contributed by atoms with E-state index in [9.17, 15) is 4.79 Å². The molecule has 1 aromatic rings. The van der Waals surface area contributed by atoms with Gasteiger partial charge in [-0.3, -0.25) is 4.79 Å². The van der Waals surface area contributed by atoms with Gasteiger partial charge in [-0.1, -0.05) is 0 Å². The third-order valence-corrected chi connectivity index (χ3v) is 3.88. The Kier molecular flexibility index (Phi) is 5.44. The summed E-state index contributed by atoms with van der Waals surface area (Å²) in [7, 11) is 0. The predicted molar refractivity (Wildman–Crippen MR) is 80.2 cm³/mol. The van der Waals surface area contributed by atoms with Crippen LogP contribution < -0.4 is 5.32 Å². The van der Waals surface area contributed by atoms with E-state index in [1.54, 1.807) is 0 Å². The van der Waals surface area contributed by atoms with Crippen LogP contribution in [-0.2, 0) is 6.54 Å². The minimum absolute atomic E-state index is 0. The molecule has 2 rings (SSSR count). The monoisotopic (exact) mass is 285 g/mol. The van der Waals surface area contributed by atoms with Gasteiger partial charge in [0.15, 0.2) is 0 Å². The van der Waals surface area contributed by atoms with E-state index in [1.807, 2.05) is 17.9 Å². The van der Waals surface area contributed by atoms with E-state index in [0.717, 1.165) is 37.4 Å². The number of halogens is 1. The third kappa shape index (κ3) is 2.95. The largest absolute Gasteiger partial charge is 0.349 e. The molecular formula is C14H24ClN3O. The fourth-order valence-corrected chi connectivity index (χ4v) is 2.80. The molecule has 1 fully saturated rings. The zero-order valence-electron chi connectivity index (χ0n) is 12.2. The average molecular weight is 286 g/mol. The molecule has 4 nitrogen and oxygen atoms in total. The fourth-order valence-electron chi connectivity index (χ4n) is 2.80. The van der Waals surface area contributed by atoms with Crippen molar-refractivity contribution in [3.63, 3.8) is 0 Å². The van der Waals surface area contributed by atoms with Crippen LogP contribution in [0.1, 0.15) is 35.6 Å². The molecular weight excluding hydrogens is 262 g/mol. The summed E-state index contributed by atoms with van der Waals surface area (Å²) in [5, 5.41) is 3.31. The maximum Gasteiger partial charge on any atom is 0.256 e. The summed E-state index contributed by atoms with van der Waals surface area (Å²) < 4.78 is 2.19. The zero-order chi connectivity index (χ0) is 13.3. The van der Waals surface area contributed by atoms with Gasteiger partial charge >= 0.3 is 0 Å². The van der Waals surface area contributed by atoms with Crippen LogP contribution in [0.5, 0.6) is 0 Å². The van der Waals surface area contributed by atoms with Crippen molar-refractivity contribution in [2.24, 2.45) is 0 Å². The van der Waals surface area contributed by atoms with Gasteiger partial charge in [0.25, 0.3) is 5.91 Å². The van der Waals surface area contributed by atoms with Gasteiger partial charge in [0.1, 0.15) is 0 Å². The van der Waals surface area contributed by atoms with Crippen molar-refractivity contribution in [1.82, 2.24) is 14.8 Å². The van der Waals surface area contributed by atoms with Gasteiger partial charge in [0, 0.05) is 43.6 Å². The molecule has 1 aliphatic rings. The summed E-state index contributed by atoms with van der Waals surface area (Å²) >= 11 is 0. The van der Waals surface area contributed by atoms with Gasteiger partial charge in [-0.05, 0) is 33.8 Å². The number of nitrogens with zero attached hydrogens (tertiary/aromatic N) is 2. The molecule has 0 aliphatic carbocycles. The Bertz CT molecular complexity index is 456. The molecule has 5 heteroatoms. The molecule has 1 aromatic heterocycles. The molecule has 0 bridgehead atoms. The van der Waals surface area contributed by atoms with Crippen molar-refractivity contribution in [2.45, 2.75) is 40.3 Å². The number of rotatable bonds is 2. The van der Waals surface area contributed by atoms with Crippen LogP contribution >= 0.6 is 12.4 Å². The second-order valence-electron chi connectivity index (χ2n) is 5.08. The predicted octanol–water partition coefficient (Wildman–Crippen LogP) is 1.98. The molecule has 0 saturated carbocycles. The fraction of sp³-hybridized carbons (Fsp3) is 0.643. The number of hydrogen-bond acceptors (Lipinski definition) is 2. The van der Waals surface area contributed by atoms with Gasteiger partial charge in [-0.25, -0.2) is 0 Å². The minimum atomic E-state index is 0. The van der Waals surface area contributed by atoms with Gasteiger partial charge in [-0.15, -0.1) is 12.4 Å². The van der Waals surface area contributed by atoms with E-state index in [-0.39, 0.29) is 24.4 Å². The molecule has 108 valence electrons. The first kappa shape index (κ1) is 16.1. The molecule has 1 N–H and O–H groups in total. The molecule has 1 aliphatic heterocycles. The van der Waals surface area contributed by atoms with Crippen LogP contribution in [0.3, 0.4) is 0 Å². The topological polar surface area (TPSA) is 37.3 Å². The van der Waals surface area contributed by atoms with Crippen LogP contribution in [0.2, 0.25) is 0 Å². The normalized spacial score (nSPS) is 19.2. The Morgan fingerprint density at radius 1 is 1.47 bits per heavy atom. The van der Waals surface area contributed by atoms with Crippen molar-refractivity contribution in [1.29, 1.82) is 0 Å². The van der Waals surface area contributed by atoms with Crippen LogP contribution in [0.4, 0.5) is 0 Å². The highest BCUT2D eigenvalue weighted by Gasteiger charge is 2.26. The first-order valence-corrected chi connectivity index (χ1v) is 6.74. The van der Waals surface area contributed by atoms with E-state index in [2.05, 4.69) is 30.7 Å². The number of carbonyl (C=O) groups is 1. The van der Waals surface area contributed by atoms with Gasteiger partial charge in [-0.2, -0.15) is 0 Å². The molecule has 0 spiro atoms. The average Bonchev–Trinajstić information content (AvgIpc) is 2.64. The molecule has 1 atom stereocenters. The Morgan fingerprint density at radius 2 is 2.16 bits per heavy atom. The zero-order valence-corrected chi connectivity index (χ0v) is 13.0. The molecule has 0 unspecified atom stereocenters. The number of aryl methyl sites for hydroxylation is 1. The van der Waals surface area contributed by atoms with Crippen molar-refractivity contribution in [3.05, 3.63) is 23.0 Å². The lowest BCUT2D eigenvalue weighted by Gasteiger charge is -2.34. The molecule has 1 saturated heterocycles. The quantitative estimate of drug-likeness (QED) is 0.902. The van der Waals surface area contributed by atoms with E-state index >= 15 is 0 Å². The standard InChI is InChI=1S/C14H23N3O.ClH/c1-5-16-10(2)8-13(12(16)4)14(18)17-7-6-15-9-11(17)3;/h8,11,15H,5-7,9H2,1-4H3;1H/t11-;/m1./s1. The minimum Gasteiger partial charge on any atom is -0.349 e. The van der Waals surface area contributed by atoms with Crippen LogP contribution in [0.15, 0.2) is 6.07 Å². The van der Waals surface area contributed by atoms with Crippen LogP contribution in [-0.4, -0.2) is 41.1 Å². The molecule has 19 heavy (non-hydrogen) atoms. The van der Waals surface area contributed by atoms with Gasteiger partial charge < -0.3 is 14.8 Å². The number of piperazine rings is 1. The molecule has 1 amide bonds. The Morgan fingerprint density at radius 3 is 2.68 bits per heavy atom. The summed E-state index contributed by atoms with van der Waals surface area (Å²) in [5.74, 6) is 0.178. The van der Waals surface area contributed by atoms with Crippen molar-refractivity contribution in [2.75, 3.05) is 19.6 Å². The molecule has 0 radical (unpaired) electrons. The second-order valence-corrected chi connectivity index (χ2v) is 5.08. The maximum absolute atomic E-state index is 12.6. The Hall–Kier alpha value is -1.00. The van der Waals surface area contributed by atoms with E-state index in [4.69, 9.17) is 0 Å². The summed E-state index contributed by atoms with van der Waals surface area (Å²) in [6.07, 6.45) is 0. The van der Waals surface area contributed by atoms with Crippen molar-refractivity contribution < 1.29 is 4.79 Å². The third-order valence-electron chi connectivity index (χ3n) is 3.88. The SMILES string of the molecule is CCn1c(C)cc(C(=O)N2CCNC[C@H]2C)c1C.Cl. The number of nitrogens with one attached hydrogen (secondary N) is 1. The summed E-state index contributed by atoms with van der Waals surface area (Å²) in [5.41, 5.74) is 3.12. The number of aromatic nitrogens is 1. The summed E-state index contributed by atoms with van der Waals surface area (Å²) in [6.45, 7) is 11.8. The van der Waals surface area contributed by atoms with E-state index in [1.165, 1.54) is 5.69 Å². The van der Waals surface area contributed by atoms with Crippen molar-refractivity contribution in [3.8, 4) is 0 Å². The lowest BCUT2D eigenvalue weighted by Crippen LogP contribution is -2.52. The lowest BCUT2D eigenvalue weighted by molar-refractivity contribution is 0.0655. The Balaban J connectivity index is 0.00000180. The highest BCUT2D eigenvalue weighted by molar-refractivity contribution is 5.96. The van der Waals surface area contributed by atoms with Gasteiger partial charge in [0.2, 0.25) is 0 Å². The van der Waals surface area contributed by atoms with E-state index < -0.39 is 0 Å².